The summed E-state index contributed by atoms with van der Waals surface area (Å²) in [6, 6.07) is 6.68. The van der Waals surface area contributed by atoms with Gasteiger partial charge in [-0.3, -0.25) is 19.7 Å². The first-order valence-electron chi connectivity index (χ1n) is 9.03. The zero-order chi connectivity index (χ0) is 21.6. The molecule has 0 saturated carbocycles. The highest BCUT2D eigenvalue weighted by molar-refractivity contribution is 6.27. The lowest BCUT2D eigenvalue weighted by Crippen LogP contribution is -2.24. The number of fused-ring (bicyclic) bond motifs is 5. The van der Waals surface area contributed by atoms with E-state index < -0.39 is 10.5 Å². The van der Waals surface area contributed by atoms with Crippen LogP contribution in [0.25, 0.3) is 22.0 Å². The topological polar surface area (TPSA) is 124 Å². The summed E-state index contributed by atoms with van der Waals surface area (Å²) >= 11 is 5.53. The number of hydrogen-bond acceptors (Lipinski definition) is 7. The molecule has 4 rings (SSSR count). The fourth-order valence-electron chi connectivity index (χ4n) is 3.83. The highest BCUT2D eigenvalue weighted by atomic mass is 35.5. The van der Waals surface area contributed by atoms with E-state index in [1.165, 1.54) is 42.0 Å². The van der Waals surface area contributed by atoms with Crippen LogP contribution >= 0.6 is 11.8 Å². The molecule has 154 valence electrons. The van der Waals surface area contributed by atoms with Gasteiger partial charge in [-0.25, -0.2) is 4.84 Å². The van der Waals surface area contributed by atoms with Crippen molar-refractivity contribution in [1.82, 2.24) is 9.40 Å². The molecule has 1 aliphatic rings. The van der Waals surface area contributed by atoms with Gasteiger partial charge in [-0.15, -0.1) is 0 Å². The summed E-state index contributed by atoms with van der Waals surface area (Å²) < 4.78 is 6.59. The number of rotatable bonds is 6. The zero-order valence-corrected chi connectivity index (χ0v) is 16.5. The molecular weight excluding hydrogens is 414 g/mol. The number of carbonyl (C=O) groups excluding carboxylic acids is 1. The number of benzene rings is 2. The summed E-state index contributed by atoms with van der Waals surface area (Å²) in [4.78, 5) is 39.6. The van der Waals surface area contributed by atoms with Gasteiger partial charge in [0.05, 0.1) is 28.7 Å². The molecule has 0 unspecified atom stereocenters. The van der Waals surface area contributed by atoms with Crippen molar-refractivity contribution in [3.8, 4) is 22.8 Å². The van der Waals surface area contributed by atoms with Gasteiger partial charge >= 0.3 is 0 Å². The van der Waals surface area contributed by atoms with Crippen LogP contribution in [0.15, 0.2) is 35.1 Å². The summed E-state index contributed by atoms with van der Waals surface area (Å²) in [5, 5.41) is 21.7. The Morgan fingerprint density at radius 3 is 2.63 bits per heavy atom. The van der Waals surface area contributed by atoms with Gasteiger partial charge in [0.1, 0.15) is 0 Å². The third kappa shape index (κ3) is 2.90. The molecule has 2 N–H and O–H groups in total. The standard InChI is InChI=1S/C20H16ClN3O6/c1-30-16-9-12-13(8-15(16)25)19(26)17-11-4-3-10(24(28)29)7-14(11)20(27)23(18(12)17)6-2-5-22-21/h3-4,7-9,22,25H,2,5-6H2,1H3. The van der Waals surface area contributed by atoms with Gasteiger partial charge < -0.3 is 14.4 Å². The molecule has 0 fully saturated rings. The van der Waals surface area contributed by atoms with Gasteiger partial charge in [-0.2, -0.15) is 0 Å². The average Bonchev–Trinajstić information content (AvgIpc) is 3.01. The van der Waals surface area contributed by atoms with Crippen molar-refractivity contribution in [2.75, 3.05) is 13.7 Å². The van der Waals surface area contributed by atoms with Crippen molar-refractivity contribution in [3.05, 3.63) is 61.9 Å². The number of nitrogens with one attached hydrogen (secondary N) is 1. The number of nitro groups is 1. The van der Waals surface area contributed by atoms with Gasteiger partial charge in [0, 0.05) is 41.7 Å². The largest absolute Gasteiger partial charge is 0.504 e. The Hall–Kier alpha value is -3.43. The maximum Gasteiger partial charge on any atom is 0.270 e. The third-order valence-corrected chi connectivity index (χ3v) is 5.35. The van der Waals surface area contributed by atoms with E-state index in [-0.39, 0.29) is 46.0 Å². The first kappa shape index (κ1) is 19.9. The second kappa shape index (κ2) is 7.43. The van der Waals surface area contributed by atoms with E-state index in [4.69, 9.17) is 16.5 Å². The Kier molecular flexibility index (Phi) is 4.92. The fourth-order valence-corrected chi connectivity index (χ4v) is 3.96. The summed E-state index contributed by atoms with van der Waals surface area (Å²) in [7, 11) is 1.39. The monoisotopic (exact) mass is 429 g/mol. The van der Waals surface area contributed by atoms with Crippen LogP contribution in [0.5, 0.6) is 11.5 Å². The van der Waals surface area contributed by atoms with Crippen molar-refractivity contribution in [1.29, 1.82) is 0 Å². The maximum absolute atomic E-state index is 13.3. The summed E-state index contributed by atoms with van der Waals surface area (Å²) in [5.74, 6) is -0.404. The van der Waals surface area contributed by atoms with Gasteiger partial charge in [-0.1, -0.05) is 0 Å². The lowest BCUT2D eigenvalue weighted by molar-refractivity contribution is -0.384. The van der Waals surface area contributed by atoms with Crippen LogP contribution in [-0.2, 0) is 6.54 Å². The number of phenols is 1. The smallest absolute Gasteiger partial charge is 0.270 e. The van der Waals surface area contributed by atoms with Crippen LogP contribution in [0.1, 0.15) is 22.3 Å². The van der Waals surface area contributed by atoms with Crippen LogP contribution in [0, 0.1) is 10.1 Å². The number of halogens is 1. The third-order valence-electron chi connectivity index (χ3n) is 5.16. The molecule has 30 heavy (non-hydrogen) atoms. The maximum atomic E-state index is 13.3. The molecule has 0 spiro atoms. The Labute approximate surface area is 174 Å². The van der Waals surface area contributed by atoms with E-state index in [2.05, 4.69) is 4.84 Å². The second-order valence-corrected chi connectivity index (χ2v) is 7.07. The number of nitrogens with zero attached hydrogens (tertiary/aromatic N) is 2. The number of aromatic nitrogens is 1. The van der Waals surface area contributed by atoms with E-state index in [0.717, 1.165) is 0 Å². The highest BCUT2D eigenvalue weighted by Gasteiger charge is 2.34. The van der Waals surface area contributed by atoms with E-state index in [1.54, 1.807) is 0 Å². The molecule has 0 amide bonds. The Morgan fingerprint density at radius 1 is 1.20 bits per heavy atom. The molecule has 1 heterocycles. The molecule has 3 aromatic rings. The molecule has 1 aliphatic carbocycles. The fraction of sp³-hybridized carbons (Fsp3) is 0.200. The predicted octanol–water partition coefficient (Wildman–Crippen LogP) is 2.97. The summed E-state index contributed by atoms with van der Waals surface area (Å²) in [5.41, 5.74) is 0.666. The van der Waals surface area contributed by atoms with Crippen molar-refractivity contribution in [2.45, 2.75) is 13.0 Å². The van der Waals surface area contributed by atoms with Crippen LogP contribution in [0.2, 0.25) is 0 Å². The quantitative estimate of drug-likeness (QED) is 0.209. The Balaban J connectivity index is 2.09. The number of non-ortho nitro benzene ring substituents is 1. The lowest BCUT2D eigenvalue weighted by atomic mass is 10.0. The number of pyridine rings is 1. The number of ether oxygens (including phenoxy) is 1. The lowest BCUT2D eigenvalue weighted by Gasteiger charge is -2.15. The van der Waals surface area contributed by atoms with Crippen molar-refractivity contribution in [3.63, 3.8) is 0 Å². The van der Waals surface area contributed by atoms with Crippen LogP contribution in [0.3, 0.4) is 0 Å². The van der Waals surface area contributed by atoms with Gasteiger partial charge in [0.15, 0.2) is 17.3 Å². The number of methoxy groups -OCH3 is 1. The van der Waals surface area contributed by atoms with Crippen molar-refractivity contribution in [2.24, 2.45) is 0 Å². The van der Waals surface area contributed by atoms with Crippen LogP contribution in [-0.4, -0.2) is 34.0 Å². The SMILES string of the molecule is COc1cc2c(cc1O)C(=O)c1c-2n(CCCNCl)c(=O)c2cc([N+](=O)[O-])ccc12. The minimum Gasteiger partial charge on any atom is -0.504 e. The minimum absolute atomic E-state index is 0.0825. The molecule has 1 aromatic heterocycles. The number of ketones is 1. The first-order valence-corrected chi connectivity index (χ1v) is 9.41. The van der Waals surface area contributed by atoms with Gasteiger partial charge in [0.25, 0.3) is 11.2 Å². The molecule has 0 aliphatic heterocycles. The summed E-state index contributed by atoms with van der Waals surface area (Å²) in [6.07, 6.45) is 0.481. The molecule has 0 bridgehead atoms. The molecule has 9 nitrogen and oxygen atoms in total. The number of hydrogen-bond donors (Lipinski definition) is 2. The van der Waals surface area contributed by atoms with Gasteiger partial charge in [-0.05, 0) is 36.4 Å². The van der Waals surface area contributed by atoms with E-state index in [1.807, 2.05) is 0 Å². The number of aromatic hydroxyl groups is 1. The van der Waals surface area contributed by atoms with Gasteiger partial charge in [0.2, 0.25) is 0 Å². The Bertz CT molecular complexity index is 1280. The van der Waals surface area contributed by atoms with Crippen LogP contribution < -0.4 is 15.1 Å². The minimum atomic E-state index is -0.590. The predicted molar refractivity (Wildman–Crippen MR) is 110 cm³/mol. The molecule has 0 saturated heterocycles. The Morgan fingerprint density at radius 2 is 1.97 bits per heavy atom. The first-order chi connectivity index (χ1) is 14.4. The van der Waals surface area contributed by atoms with Crippen LogP contribution in [0.4, 0.5) is 5.69 Å². The molecule has 0 atom stereocenters. The average molecular weight is 430 g/mol. The highest BCUT2D eigenvalue weighted by Crippen LogP contribution is 2.44. The summed E-state index contributed by atoms with van der Waals surface area (Å²) in [6.45, 7) is 0.644. The molecular formula is C20H16ClN3O6. The van der Waals surface area contributed by atoms with Crippen molar-refractivity contribution >= 4 is 34.0 Å². The second-order valence-electron chi connectivity index (χ2n) is 6.80. The molecule has 10 heteroatoms. The zero-order valence-electron chi connectivity index (χ0n) is 15.8. The van der Waals surface area contributed by atoms with E-state index in [0.29, 0.717) is 29.6 Å². The van der Waals surface area contributed by atoms with E-state index in [9.17, 15) is 24.8 Å². The number of nitro benzene ring substituents is 1. The van der Waals surface area contributed by atoms with E-state index >= 15 is 0 Å². The normalized spacial score (nSPS) is 12.1. The number of phenolic OH excluding ortho intramolecular Hbond substituents is 1. The molecule has 0 radical (unpaired) electrons. The van der Waals surface area contributed by atoms with Crippen molar-refractivity contribution < 1.29 is 19.6 Å². The number of carbonyl (C=O) groups is 1. The molecule has 2 aromatic carbocycles.